The van der Waals surface area contributed by atoms with Crippen LogP contribution in [0.15, 0.2) is 12.3 Å². The molecule has 1 aromatic rings. The van der Waals surface area contributed by atoms with Crippen LogP contribution in [0.2, 0.25) is 0 Å². The van der Waals surface area contributed by atoms with Crippen molar-refractivity contribution in [3.63, 3.8) is 0 Å². The quantitative estimate of drug-likeness (QED) is 0.724. The summed E-state index contributed by atoms with van der Waals surface area (Å²) in [6.07, 6.45) is 4.58. The molecular weight excluding hydrogens is 202 g/mol. The van der Waals surface area contributed by atoms with Crippen molar-refractivity contribution in [1.29, 1.82) is 0 Å². The van der Waals surface area contributed by atoms with Crippen molar-refractivity contribution in [2.75, 3.05) is 17.6 Å². The van der Waals surface area contributed by atoms with Gasteiger partial charge in [0.05, 0.1) is 11.8 Å². The van der Waals surface area contributed by atoms with Crippen molar-refractivity contribution in [2.24, 2.45) is 5.92 Å². The van der Waals surface area contributed by atoms with Crippen LogP contribution in [0.3, 0.4) is 0 Å². The minimum Gasteiger partial charge on any atom is -0.396 e. The van der Waals surface area contributed by atoms with Crippen LogP contribution in [0.4, 0.5) is 11.5 Å². The number of nitrogens with two attached hydrogens (primary N) is 1. The first-order chi connectivity index (χ1) is 7.65. The van der Waals surface area contributed by atoms with E-state index in [1.54, 1.807) is 0 Å². The molecule has 1 fully saturated rings. The molecule has 1 aliphatic carbocycles. The van der Waals surface area contributed by atoms with Gasteiger partial charge in [-0.25, -0.2) is 4.98 Å². The van der Waals surface area contributed by atoms with Crippen LogP contribution in [0.5, 0.6) is 0 Å². The van der Waals surface area contributed by atoms with Gasteiger partial charge < -0.3 is 16.2 Å². The molecule has 1 saturated carbocycles. The molecule has 0 bridgehead atoms. The van der Waals surface area contributed by atoms with Crippen LogP contribution in [-0.2, 0) is 0 Å². The second kappa shape index (κ2) is 4.70. The van der Waals surface area contributed by atoms with Gasteiger partial charge in [-0.2, -0.15) is 0 Å². The normalized spacial score (nSPS) is 24.6. The van der Waals surface area contributed by atoms with Crippen LogP contribution >= 0.6 is 0 Å². The Kier molecular flexibility index (Phi) is 3.29. The summed E-state index contributed by atoms with van der Waals surface area (Å²) < 4.78 is 0. The number of aliphatic hydroxyl groups is 1. The van der Waals surface area contributed by atoms with Gasteiger partial charge in [0.15, 0.2) is 0 Å². The van der Waals surface area contributed by atoms with Gasteiger partial charge in [-0.1, -0.05) is 0 Å². The summed E-state index contributed by atoms with van der Waals surface area (Å²) in [6, 6.07) is 1.92. The van der Waals surface area contributed by atoms with E-state index in [2.05, 4.69) is 10.3 Å². The Morgan fingerprint density at radius 1 is 1.56 bits per heavy atom. The van der Waals surface area contributed by atoms with E-state index in [4.69, 9.17) is 5.73 Å². The van der Waals surface area contributed by atoms with E-state index >= 15 is 0 Å². The Morgan fingerprint density at radius 2 is 2.38 bits per heavy atom. The number of pyridine rings is 1. The van der Waals surface area contributed by atoms with Gasteiger partial charge in [-0.05, 0) is 43.7 Å². The van der Waals surface area contributed by atoms with Gasteiger partial charge in [-0.15, -0.1) is 0 Å². The molecule has 4 N–H and O–H groups in total. The zero-order valence-corrected chi connectivity index (χ0v) is 9.61. The van der Waals surface area contributed by atoms with Crippen molar-refractivity contribution < 1.29 is 5.11 Å². The number of nitrogen functional groups attached to an aromatic ring is 1. The Hall–Kier alpha value is -1.29. The summed E-state index contributed by atoms with van der Waals surface area (Å²) in [5.41, 5.74) is 7.62. The summed E-state index contributed by atoms with van der Waals surface area (Å²) in [5.74, 6) is 1.30. The standard InChI is InChI=1S/C12H19N3O/c1-8-4-11(13)12(14-6-8)15-7-9-2-3-10(16)5-9/h4,6,9-10,16H,2-3,5,7,13H2,1H3,(H,14,15). The van der Waals surface area contributed by atoms with E-state index in [1.165, 1.54) is 0 Å². The lowest BCUT2D eigenvalue weighted by Crippen LogP contribution is -2.14. The third-order valence-electron chi connectivity index (χ3n) is 3.13. The SMILES string of the molecule is Cc1cnc(NCC2CCC(O)C2)c(N)c1. The number of aryl methyl sites for hydroxylation is 1. The average Bonchev–Trinajstić information content (AvgIpc) is 2.63. The van der Waals surface area contributed by atoms with Crippen LogP contribution in [-0.4, -0.2) is 22.7 Å². The van der Waals surface area contributed by atoms with E-state index in [0.29, 0.717) is 11.6 Å². The zero-order chi connectivity index (χ0) is 11.5. The maximum absolute atomic E-state index is 9.42. The van der Waals surface area contributed by atoms with Gasteiger partial charge in [0.1, 0.15) is 5.82 Å². The molecule has 0 amide bonds. The molecule has 0 saturated heterocycles. The number of hydrogen-bond acceptors (Lipinski definition) is 4. The molecule has 0 spiro atoms. The van der Waals surface area contributed by atoms with E-state index in [-0.39, 0.29) is 6.10 Å². The van der Waals surface area contributed by atoms with Crippen molar-refractivity contribution in [3.8, 4) is 0 Å². The van der Waals surface area contributed by atoms with Crippen molar-refractivity contribution in [1.82, 2.24) is 4.98 Å². The third-order valence-corrected chi connectivity index (χ3v) is 3.13. The van der Waals surface area contributed by atoms with Gasteiger partial charge in [0, 0.05) is 12.7 Å². The molecule has 4 heteroatoms. The Balaban J connectivity index is 1.89. The summed E-state index contributed by atoms with van der Waals surface area (Å²) in [7, 11) is 0. The van der Waals surface area contributed by atoms with Crippen LogP contribution < -0.4 is 11.1 Å². The predicted octanol–water partition coefficient (Wildman–Crippen LogP) is 1.55. The van der Waals surface area contributed by atoms with Crippen molar-refractivity contribution in [3.05, 3.63) is 17.8 Å². The maximum Gasteiger partial charge on any atom is 0.149 e. The molecule has 2 atom stereocenters. The molecule has 0 radical (unpaired) electrons. The van der Waals surface area contributed by atoms with Crippen molar-refractivity contribution >= 4 is 11.5 Å². The molecule has 2 rings (SSSR count). The fraction of sp³-hybridized carbons (Fsp3) is 0.583. The zero-order valence-electron chi connectivity index (χ0n) is 9.61. The molecule has 1 heterocycles. The first kappa shape index (κ1) is 11.2. The fourth-order valence-corrected chi connectivity index (χ4v) is 2.21. The molecule has 1 aromatic heterocycles. The summed E-state index contributed by atoms with van der Waals surface area (Å²) in [4.78, 5) is 4.26. The molecule has 88 valence electrons. The van der Waals surface area contributed by atoms with E-state index in [0.717, 1.165) is 37.2 Å². The summed E-state index contributed by atoms with van der Waals surface area (Å²) in [6.45, 7) is 2.82. The molecule has 16 heavy (non-hydrogen) atoms. The highest BCUT2D eigenvalue weighted by Crippen LogP contribution is 2.26. The number of aliphatic hydroxyl groups excluding tert-OH is 1. The number of nitrogens with one attached hydrogen (secondary N) is 1. The topological polar surface area (TPSA) is 71.2 Å². The van der Waals surface area contributed by atoms with Crippen molar-refractivity contribution in [2.45, 2.75) is 32.3 Å². The second-order valence-electron chi connectivity index (χ2n) is 4.66. The summed E-state index contributed by atoms with van der Waals surface area (Å²) >= 11 is 0. The molecule has 2 unspecified atom stereocenters. The van der Waals surface area contributed by atoms with Gasteiger partial charge in [0.2, 0.25) is 0 Å². The Bertz CT molecular complexity index is 367. The van der Waals surface area contributed by atoms with Crippen LogP contribution in [0.25, 0.3) is 0 Å². The molecule has 0 aliphatic heterocycles. The van der Waals surface area contributed by atoms with Crippen LogP contribution in [0.1, 0.15) is 24.8 Å². The molecule has 1 aliphatic rings. The minimum absolute atomic E-state index is 0.116. The Labute approximate surface area is 95.9 Å². The number of nitrogens with zero attached hydrogens (tertiary/aromatic N) is 1. The fourth-order valence-electron chi connectivity index (χ4n) is 2.21. The second-order valence-corrected chi connectivity index (χ2v) is 4.66. The lowest BCUT2D eigenvalue weighted by atomic mass is 10.1. The first-order valence-electron chi connectivity index (χ1n) is 5.79. The highest BCUT2D eigenvalue weighted by Gasteiger charge is 2.22. The largest absolute Gasteiger partial charge is 0.396 e. The van der Waals surface area contributed by atoms with Crippen LogP contribution in [0, 0.1) is 12.8 Å². The highest BCUT2D eigenvalue weighted by atomic mass is 16.3. The number of hydrogen-bond donors (Lipinski definition) is 3. The summed E-state index contributed by atoms with van der Waals surface area (Å²) in [5, 5.41) is 12.7. The average molecular weight is 221 g/mol. The monoisotopic (exact) mass is 221 g/mol. The van der Waals surface area contributed by atoms with Gasteiger partial charge in [0.25, 0.3) is 0 Å². The molecular formula is C12H19N3O. The van der Waals surface area contributed by atoms with Gasteiger partial charge >= 0.3 is 0 Å². The first-order valence-corrected chi connectivity index (χ1v) is 5.79. The number of anilines is 2. The smallest absolute Gasteiger partial charge is 0.149 e. The highest BCUT2D eigenvalue weighted by molar-refractivity contribution is 5.61. The maximum atomic E-state index is 9.42. The third kappa shape index (κ3) is 2.64. The Morgan fingerprint density at radius 3 is 3.00 bits per heavy atom. The number of rotatable bonds is 3. The van der Waals surface area contributed by atoms with E-state index < -0.39 is 0 Å². The minimum atomic E-state index is -0.116. The van der Waals surface area contributed by atoms with Gasteiger partial charge in [-0.3, -0.25) is 0 Å². The van der Waals surface area contributed by atoms with E-state index in [9.17, 15) is 5.11 Å². The lowest BCUT2D eigenvalue weighted by molar-refractivity contribution is 0.178. The van der Waals surface area contributed by atoms with E-state index in [1.807, 2.05) is 19.2 Å². The lowest BCUT2D eigenvalue weighted by Gasteiger charge is -2.13. The number of aromatic nitrogens is 1. The predicted molar refractivity (Wildman–Crippen MR) is 65.2 cm³/mol. The molecule has 4 nitrogen and oxygen atoms in total. The molecule has 0 aromatic carbocycles.